The maximum atomic E-state index is 12.3. The topological polar surface area (TPSA) is 61.9 Å². The number of carbonyl (C=O) groups is 1. The van der Waals surface area contributed by atoms with Gasteiger partial charge < -0.3 is 4.90 Å². The lowest BCUT2D eigenvalue weighted by Gasteiger charge is -2.13. The molecule has 0 bridgehead atoms. The van der Waals surface area contributed by atoms with Crippen LogP contribution in [0.1, 0.15) is 21.3 Å². The number of hydrogen-bond acceptors (Lipinski definition) is 5. The molecule has 0 spiro atoms. The van der Waals surface area contributed by atoms with Crippen molar-refractivity contribution in [2.45, 2.75) is 13.5 Å². The second-order valence-corrected chi connectivity index (χ2v) is 6.29. The fraction of sp³-hybridized carbons (Fsp3) is 0.250. The zero-order chi connectivity index (χ0) is 13.4. The highest BCUT2D eigenvalue weighted by Crippen LogP contribution is 2.30. The van der Waals surface area contributed by atoms with Crippen LogP contribution in [0.2, 0.25) is 0 Å². The number of nitrogens with one attached hydrogen (secondary N) is 1. The third kappa shape index (κ3) is 2.39. The highest BCUT2D eigenvalue weighted by atomic mass is 32.1. The molecule has 7 heteroatoms. The summed E-state index contributed by atoms with van der Waals surface area (Å²) in [6.07, 6.45) is 0. The van der Waals surface area contributed by atoms with Gasteiger partial charge in [-0.1, -0.05) is 0 Å². The third-order valence-electron chi connectivity index (χ3n) is 2.72. The molecule has 3 rings (SSSR count). The van der Waals surface area contributed by atoms with Crippen LogP contribution in [0.5, 0.6) is 0 Å². The van der Waals surface area contributed by atoms with E-state index in [1.165, 1.54) is 11.3 Å². The van der Waals surface area contributed by atoms with E-state index in [9.17, 15) is 4.79 Å². The van der Waals surface area contributed by atoms with Crippen LogP contribution in [-0.2, 0) is 6.54 Å². The zero-order valence-corrected chi connectivity index (χ0v) is 12.1. The molecule has 1 amide bonds. The van der Waals surface area contributed by atoms with E-state index in [2.05, 4.69) is 15.2 Å². The molecular formula is C12H12N4OS2. The Balaban J connectivity index is 1.77. The molecule has 0 aromatic carbocycles. The first-order valence-corrected chi connectivity index (χ1v) is 7.43. The number of aryl methyl sites for hydroxylation is 1. The Morgan fingerprint density at radius 2 is 2.32 bits per heavy atom. The number of thiophene rings is 2. The summed E-state index contributed by atoms with van der Waals surface area (Å²) in [6.45, 7) is 2.25. The van der Waals surface area contributed by atoms with Gasteiger partial charge in [-0.3, -0.25) is 9.89 Å². The first kappa shape index (κ1) is 12.3. The molecule has 0 unspecified atom stereocenters. The van der Waals surface area contributed by atoms with Gasteiger partial charge in [-0.2, -0.15) is 5.10 Å². The molecule has 3 aromatic heterocycles. The van der Waals surface area contributed by atoms with E-state index in [0.29, 0.717) is 12.4 Å². The zero-order valence-electron chi connectivity index (χ0n) is 10.5. The van der Waals surface area contributed by atoms with Crippen LogP contribution in [-0.4, -0.2) is 33.0 Å². The summed E-state index contributed by atoms with van der Waals surface area (Å²) in [7, 11) is 1.77. The Kier molecular flexibility index (Phi) is 3.08. The normalized spacial score (nSPS) is 11.1. The van der Waals surface area contributed by atoms with Crippen LogP contribution in [0.15, 0.2) is 17.5 Å². The Morgan fingerprint density at radius 1 is 1.47 bits per heavy atom. The molecule has 3 aromatic rings. The Bertz CT molecular complexity index is 698. The predicted molar refractivity (Wildman–Crippen MR) is 76.6 cm³/mol. The van der Waals surface area contributed by atoms with E-state index in [-0.39, 0.29) is 5.91 Å². The first-order chi connectivity index (χ1) is 9.13. The van der Waals surface area contributed by atoms with Crippen molar-refractivity contribution >= 4 is 38.0 Å². The summed E-state index contributed by atoms with van der Waals surface area (Å²) in [4.78, 5) is 18.9. The Labute approximate surface area is 117 Å². The van der Waals surface area contributed by atoms with E-state index in [1.54, 1.807) is 23.3 Å². The molecule has 0 saturated carbocycles. The lowest BCUT2D eigenvalue weighted by molar-refractivity contribution is 0.0786. The average Bonchev–Trinajstić information content (AvgIpc) is 3.03. The molecule has 3 heterocycles. The molecule has 0 saturated heterocycles. The van der Waals surface area contributed by atoms with Crippen molar-refractivity contribution in [3.05, 3.63) is 34.0 Å². The summed E-state index contributed by atoms with van der Waals surface area (Å²) < 4.78 is 2.32. The molecule has 19 heavy (non-hydrogen) atoms. The van der Waals surface area contributed by atoms with Crippen LogP contribution in [0.25, 0.3) is 9.40 Å². The quantitative estimate of drug-likeness (QED) is 0.807. The van der Waals surface area contributed by atoms with Gasteiger partial charge in [-0.15, -0.1) is 22.7 Å². The van der Waals surface area contributed by atoms with Crippen LogP contribution in [0, 0.1) is 6.92 Å². The number of hydrogen-bond donors (Lipinski definition) is 1. The van der Waals surface area contributed by atoms with E-state index in [1.807, 2.05) is 24.4 Å². The number of aromatic nitrogens is 3. The Hall–Kier alpha value is -1.73. The highest BCUT2D eigenvalue weighted by Gasteiger charge is 2.17. The molecule has 0 fully saturated rings. The summed E-state index contributed by atoms with van der Waals surface area (Å²) in [6, 6.07) is 3.99. The van der Waals surface area contributed by atoms with E-state index in [4.69, 9.17) is 0 Å². The van der Waals surface area contributed by atoms with Gasteiger partial charge in [-0.25, -0.2) is 4.98 Å². The fourth-order valence-electron chi connectivity index (χ4n) is 1.80. The summed E-state index contributed by atoms with van der Waals surface area (Å²) in [5.74, 6) is 1.40. The second-order valence-electron chi connectivity index (χ2n) is 4.26. The number of aromatic amines is 1. The fourth-order valence-corrected chi connectivity index (χ4v) is 3.91. The monoisotopic (exact) mass is 292 g/mol. The van der Waals surface area contributed by atoms with Crippen LogP contribution < -0.4 is 0 Å². The maximum absolute atomic E-state index is 12.3. The van der Waals surface area contributed by atoms with Gasteiger partial charge in [0.2, 0.25) is 0 Å². The maximum Gasteiger partial charge on any atom is 0.264 e. The SMILES string of the molecule is Cc1nc(CN(C)C(=O)c2cc3sccc3s2)n[nH]1. The van der Waals surface area contributed by atoms with Crippen molar-refractivity contribution in [3.8, 4) is 0 Å². The van der Waals surface area contributed by atoms with Crippen molar-refractivity contribution in [1.29, 1.82) is 0 Å². The number of carbonyl (C=O) groups excluding carboxylic acids is 1. The van der Waals surface area contributed by atoms with Gasteiger partial charge in [0.1, 0.15) is 5.82 Å². The summed E-state index contributed by atoms with van der Waals surface area (Å²) in [5.41, 5.74) is 0. The van der Waals surface area contributed by atoms with Gasteiger partial charge in [0.15, 0.2) is 5.82 Å². The molecule has 0 aliphatic heterocycles. The van der Waals surface area contributed by atoms with Gasteiger partial charge in [0.25, 0.3) is 5.91 Å². The van der Waals surface area contributed by atoms with Crippen molar-refractivity contribution in [1.82, 2.24) is 20.1 Å². The minimum atomic E-state index is 0.0100. The molecule has 5 nitrogen and oxygen atoms in total. The van der Waals surface area contributed by atoms with Crippen molar-refractivity contribution in [3.63, 3.8) is 0 Å². The molecular weight excluding hydrogens is 280 g/mol. The van der Waals surface area contributed by atoms with Gasteiger partial charge in [0.05, 0.1) is 11.4 Å². The molecule has 0 aliphatic carbocycles. The van der Waals surface area contributed by atoms with Crippen molar-refractivity contribution in [2.75, 3.05) is 7.05 Å². The van der Waals surface area contributed by atoms with Crippen molar-refractivity contribution < 1.29 is 4.79 Å². The van der Waals surface area contributed by atoms with Gasteiger partial charge >= 0.3 is 0 Å². The highest BCUT2D eigenvalue weighted by molar-refractivity contribution is 7.27. The largest absolute Gasteiger partial charge is 0.333 e. The molecule has 0 atom stereocenters. The predicted octanol–water partition coefficient (Wildman–Crippen LogP) is 2.66. The molecule has 0 aliphatic rings. The summed E-state index contributed by atoms with van der Waals surface area (Å²) >= 11 is 3.18. The number of fused-ring (bicyclic) bond motifs is 1. The minimum absolute atomic E-state index is 0.0100. The van der Waals surface area contributed by atoms with Crippen LogP contribution >= 0.6 is 22.7 Å². The lowest BCUT2D eigenvalue weighted by atomic mass is 10.4. The standard InChI is InChI=1S/C12H12N4OS2/c1-7-13-11(15-14-7)6-16(2)12(17)10-5-9-8(19-10)3-4-18-9/h3-5H,6H2,1-2H3,(H,13,14,15). The van der Waals surface area contributed by atoms with Crippen LogP contribution in [0.3, 0.4) is 0 Å². The Morgan fingerprint density at radius 3 is 3.00 bits per heavy atom. The smallest absolute Gasteiger partial charge is 0.264 e. The molecule has 0 radical (unpaired) electrons. The molecule has 98 valence electrons. The van der Waals surface area contributed by atoms with Crippen molar-refractivity contribution in [2.24, 2.45) is 0 Å². The van der Waals surface area contributed by atoms with E-state index < -0.39 is 0 Å². The van der Waals surface area contributed by atoms with Crippen LogP contribution in [0.4, 0.5) is 0 Å². The lowest BCUT2D eigenvalue weighted by Crippen LogP contribution is -2.25. The summed E-state index contributed by atoms with van der Waals surface area (Å²) in [5, 5.41) is 8.85. The number of rotatable bonds is 3. The number of H-pyrrole nitrogens is 1. The number of amides is 1. The molecule has 1 N–H and O–H groups in total. The minimum Gasteiger partial charge on any atom is -0.333 e. The van der Waals surface area contributed by atoms with Gasteiger partial charge in [-0.05, 0) is 24.4 Å². The van der Waals surface area contributed by atoms with Gasteiger partial charge in [0, 0.05) is 16.4 Å². The first-order valence-electron chi connectivity index (χ1n) is 5.74. The van der Waals surface area contributed by atoms with E-state index in [0.717, 1.165) is 20.1 Å². The van der Waals surface area contributed by atoms with E-state index >= 15 is 0 Å². The second kappa shape index (κ2) is 4.75. The number of nitrogens with zero attached hydrogens (tertiary/aromatic N) is 3. The average molecular weight is 292 g/mol. The third-order valence-corrected chi connectivity index (χ3v) is 4.80.